The van der Waals surface area contributed by atoms with Crippen molar-refractivity contribution in [1.82, 2.24) is 19.3 Å². The molecule has 0 amide bonds. The molecule has 0 saturated heterocycles. The molecule has 0 fully saturated rings. The minimum atomic E-state index is -0.402. The SMILES string of the molecule is CC(C)C(N)c1cc(-c2n[nH]c(=O)n2-c2ccc3c(ccn3C)c2)c(O)cc1N. The molecule has 2 heterocycles. The first-order chi connectivity index (χ1) is 13.8. The normalized spacial score (nSPS) is 12.7. The van der Waals surface area contributed by atoms with Crippen molar-refractivity contribution in [2.75, 3.05) is 5.73 Å². The number of nitrogens with one attached hydrogen (secondary N) is 1. The number of H-pyrrole nitrogens is 1. The summed E-state index contributed by atoms with van der Waals surface area (Å²) in [6.07, 6.45) is 1.96. The number of aromatic amines is 1. The van der Waals surface area contributed by atoms with Gasteiger partial charge in [0.05, 0.1) is 11.3 Å². The smallest absolute Gasteiger partial charge is 0.348 e. The molecule has 150 valence electrons. The molecule has 4 aromatic rings. The summed E-state index contributed by atoms with van der Waals surface area (Å²) >= 11 is 0. The standard InChI is InChI=1S/C21H24N6O2/c1-11(2)19(23)14-9-15(18(28)10-16(14)22)20-24-25-21(29)27(20)13-4-5-17-12(8-13)6-7-26(17)3/h4-11,19,28H,22-23H2,1-3H3,(H,25,29). The Morgan fingerprint density at radius 2 is 1.93 bits per heavy atom. The van der Waals surface area contributed by atoms with Crippen LogP contribution < -0.4 is 17.2 Å². The van der Waals surface area contributed by atoms with Crippen LogP contribution in [0.1, 0.15) is 25.5 Å². The van der Waals surface area contributed by atoms with E-state index in [1.807, 2.05) is 55.9 Å². The molecule has 6 N–H and O–H groups in total. The van der Waals surface area contributed by atoms with Crippen LogP contribution in [0.25, 0.3) is 28.0 Å². The van der Waals surface area contributed by atoms with Gasteiger partial charge in [-0.15, -0.1) is 0 Å². The zero-order valence-electron chi connectivity index (χ0n) is 16.5. The van der Waals surface area contributed by atoms with Gasteiger partial charge in [-0.25, -0.2) is 14.5 Å². The lowest BCUT2D eigenvalue weighted by Crippen LogP contribution is -2.19. The van der Waals surface area contributed by atoms with Crippen LogP contribution in [0.2, 0.25) is 0 Å². The van der Waals surface area contributed by atoms with Crippen LogP contribution in [0.15, 0.2) is 47.4 Å². The molecule has 8 heteroatoms. The van der Waals surface area contributed by atoms with E-state index in [0.717, 1.165) is 10.9 Å². The van der Waals surface area contributed by atoms with Crippen molar-refractivity contribution in [3.63, 3.8) is 0 Å². The van der Waals surface area contributed by atoms with Gasteiger partial charge in [-0.3, -0.25) is 0 Å². The van der Waals surface area contributed by atoms with Crippen LogP contribution in [0.5, 0.6) is 5.75 Å². The van der Waals surface area contributed by atoms with E-state index in [-0.39, 0.29) is 17.7 Å². The summed E-state index contributed by atoms with van der Waals surface area (Å²) in [4.78, 5) is 12.6. The van der Waals surface area contributed by atoms with Gasteiger partial charge in [0.25, 0.3) is 0 Å². The molecule has 0 bridgehead atoms. The third-order valence-electron chi connectivity index (χ3n) is 5.32. The van der Waals surface area contributed by atoms with Crippen molar-refractivity contribution in [3.05, 3.63) is 58.6 Å². The maximum absolute atomic E-state index is 12.6. The molecule has 2 aromatic heterocycles. The molecule has 2 aromatic carbocycles. The largest absolute Gasteiger partial charge is 0.507 e. The summed E-state index contributed by atoms with van der Waals surface area (Å²) in [5.74, 6) is 0.375. The fourth-order valence-electron chi connectivity index (χ4n) is 3.57. The van der Waals surface area contributed by atoms with E-state index in [1.54, 1.807) is 6.07 Å². The molecule has 4 rings (SSSR count). The van der Waals surface area contributed by atoms with E-state index in [9.17, 15) is 9.90 Å². The summed E-state index contributed by atoms with van der Waals surface area (Å²) in [5.41, 5.74) is 15.2. The van der Waals surface area contributed by atoms with Crippen LogP contribution in [0.3, 0.4) is 0 Å². The van der Waals surface area contributed by atoms with E-state index in [1.165, 1.54) is 10.6 Å². The molecule has 0 aliphatic heterocycles. The number of phenols is 1. The number of aryl methyl sites for hydroxylation is 1. The quantitative estimate of drug-likeness (QED) is 0.397. The number of rotatable bonds is 4. The second kappa shape index (κ2) is 6.82. The predicted molar refractivity (Wildman–Crippen MR) is 114 cm³/mol. The van der Waals surface area contributed by atoms with Crippen LogP contribution in [-0.2, 0) is 7.05 Å². The highest BCUT2D eigenvalue weighted by molar-refractivity contribution is 5.83. The third kappa shape index (κ3) is 3.07. The average molecular weight is 392 g/mol. The van der Waals surface area contributed by atoms with Crippen LogP contribution in [-0.4, -0.2) is 24.4 Å². The maximum atomic E-state index is 12.6. The fraction of sp³-hybridized carbons (Fsp3) is 0.238. The van der Waals surface area contributed by atoms with E-state index in [0.29, 0.717) is 28.3 Å². The lowest BCUT2D eigenvalue weighted by molar-refractivity contribution is 0.475. The molecule has 0 saturated carbocycles. The Morgan fingerprint density at radius 1 is 1.17 bits per heavy atom. The van der Waals surface area contributed by atoms with Gasteiger partial charge in [-0.1, -0.05) is 13.8 Å². The Morgan fingerprint density at radius 3 is 2.66 bits per heavy atom. The fourth-order valence-corrected chi connectivity index (χ4v) is 3.57. The summed E-state index contributed by atoms with van der Waals surface area (Å²) < 4.78 is 3.44. The van der Waals surface area contributed by atoms with Crippen molar-refractivity contribution in [2.45, 2.75) is 19.9 Å². The highest BCUT2D eigenvalue weighted by atomic mass is 16.3. The van der Waals surface area contributed by atoms with E-state index >= 15 is 0 Å². The molecule has 0 aliphatic carbocycles. The topological polar surface area (TPSA) is 128 Å². The molecule has 0 radical (unpaired) electrons. The molecule has 1 atom stereocenters. The van der Waals surface area contributed by atoms with Gasteiger partial charge in [-0.05, 0) is 41.8 Å². The van der Waals surface area contributed by atoms with Crippen molar-refractivity contribution < 1.29 is 5.11 Å². The Bertz CT molecular complexity index is 1260. The van der Waals surface area contributed by atoms with Gasteiger partial charge in [0.1, 0.15) is 5.75 Å². The summed E-state index contributed by atoms with van der Waals surface area (Å²) in [6.45, 7) is 3.99. The Hall–Kier alpha value is -3.52. The Labute approximate surface area is 167 Å². The number of nitrogen functional groups attached to an aromatic ring is 1. The summed E-state index contributed by atoms with van der Waals surface area (Å²) in [7, 11) is 1.96. The summed E-state index contributed by atoms with van der Waals surface area (Å²) in [5, 5.41) is 18.2. The minimum absolute atomic E-state index is 0.0664. The molecule has 8 nitrogen and oxygen atoms in total. The lowest BCUT2D eigenvalue weighted by atomic mass is 9.93. The van der Waals surface area contributed by atoms with Crippen LogP contribution in [0.4, 0.5) is 5.69 Å². The number of anilines is 1. The van der Waals surface area contributed by atoms with Crippen molar-refractivity contribution >= 4 is 16.6 Å². The molecule has 0 aliphatic rings. The predicted octanol–water partition coefficient (Wildman–Crippen LogP) is 2.66. The highest BCUT2D eigenvalue weighted by Gasteiger charge is 2.21. The number of hydrogen-bond acceptors (Lipinski definition) is 5. The number of nitrogens with two attached hydrogens (primary N) is 2. The molecule has 29 heavy (non-hydrogen) atoms. The van der Waals surface area contributed by atoms with Crippen molar-refractivity contribution in [2.24, 2.45) is 18.7 Å². The van der Waals surface area contributed by atoms with Crippen molar-refractivity contribution in [1.29, 1.82) is 0 Å². The molecule has 0 spiro atoms. The van der Waals surface area contributed by atoms with Crippen LogP contribution >= 0.6 is 0 Å². The number of phenolic OH excluding ortho intramolecular Hbond substituents is 1. The van der Waals surface area contributed by atoms with Gasteiger partial charge >= 0.3 is 5.69 Å². The molecule has 1 unspecified atom stereocenters. The number of aromatic hydroxyl groups is 1. The van der Waals surface area contributed by atoms with E-state index in [4.69, 9.17) is 11.5 Å². The zero-order chi connectivity index (χ0) is 20.9. The Balaban J connectivity index is 1.91. The minimum Gasteiger partial charge on any atom is -0.507 e. The van der Waals surface area contributed by atoms with E-state index < -0.39 is 5.69 Å². The van der Waals surface area contributed by atoms with Gasteiger partial charge < -0.3 is 21.1 Å². The van der Waals surface area contributed by atoms with Gasteiger partial charge in [0.2, 0.25) is 0 Å². The van der Waals surface area contributed by atoms with Crippen LogP contribution in [0, 0.1) is 5.92 Å². The molecular weight excluding hydrogens is 368 g/mol. The first kappa shape index (κ1) is 18.8. The number of fused-ring (bicyclic) bond motifs is 1. The van der Waals surface area contributed by atoms with Crippen molar-refractivity contribution in [3.8, 4) is 22.8 Å². The number of aromatic nitrogens is 4. The van der Waals surface area contributed by atoms with Gasteiger partial charge in [0, 0.05) is 41.9 Å². The average Bonchev–Trinajstić information content (AvgIpc) is 3.24. The monoisotopic (exact) mass is 392 g/mol. The third-order valence-corrected chi connectivity index (χ3v) is 5.32. The van der Waals surface area contributed by atoms with Gasteiger partial charge in [0.15, 0.2) is 5.82 Å². The number of benzene rings is 2. The second-order valence-corrected chi connectivity index (χ2v) is 7.63. The zero-order valence-corrected chi connectivity index (χ0v) is 16.5. The van der Waals surface area contributed by atoms with E-state index in [2.05, 4.69) is 10.2 Å². The number of nitrogens with zero attached hydrogens (tertiary/aromatic N) is 3. The molecular formula is C21H24N6O2. The Kier molecular flexibility index (Phi) is 4.43. The lowest BCUT2D eigenvalue weighted by Gasteiger charge is -2.20. The van der Waals surface area contributed by atoms with Gasteiger partial charge in [-0.2, -0.15) is 5.10 Å². The first-order valence-electron chi connectivity index (χ1n) is 9.39. The summed E-state index contributed by atoms with van der Waals surface area (Å²) in [6, 6.07) is 10.5. The second-order valence-electron chi connectivity index (χ2n) is 7.63. The maximum Gasteiger partial charge on any atom is 0.348 e. The number of hydrogen-bond donors (Lipinski definition) is 4. The highest BCUT2D eigenvalue weighted by Crippen LogP contribution is 2.36. The first-order valence-corrected chi connectivity index (χ1v) is 9.39.